The van der Waals surface area contributed by atoms with Crippen LogP contribution in [0.5, 0.6) is 11.5 Å². The number of hydrogen-bond acceptors (Lipinski definition) is 3. The minimum absolute atomic E-state index is 0.473. The Bertz CT molecular complexity index is 430. The van der Waals surface area contributed by atoms with Gasteiger partial charge in [-0.2, -0.15) is 0 Å². The van der Waals surface area contributed by atoms with Gasteiger partial charge in [0.05, 0.1) is 0 Å². The van der Waals surface area contributed by atoms with Crippen LogP contribution in [0.15, 0.2) is 12.1 Å². The first-order valence-electron chi connectivity index (χ1n) is 6.46. The molecule has 3 heteroatoms. The highest BCUT2D eigenvalue weighted by Gasteiger charge is 2.30. The normalized spacial score (nSPS) is 25.8. The zero-order valence-corrected chi connectivity index (χ0v) is 10.5. The van der Waals surface area contributed by atoms with Gasteiger partial charge in [0, 0.05) is 6.04 Å². The largest absolute Gasteiger partial charge is 0.486 e. The summed E-state index contributed by atoms with van der Waals surface area (Å²) in [5, 5.41) is 3.54. The van der Waals surface area contributed by atoms with Crippen LogP contribution in [0.3, 0.4) is 0 Å². The predicted molar refractivity (Wildman–Crippen MR) is 66.9 cm³/mol. The van der Waals surface area contributed by atoms with E-state index in [1.54, 1.807) is 0 Å². The van der Waals surface area contributed by atoms with Crippen LogP contribution in [0.2, 0.25) is 0 Å². The van der Waals surface area contributed by atoms with Crippen molar-refractivity contribution >= 4 is 0 Å². The summed E-state index contributed by atoms with van der Waals surface area (Å²) in [5.41, 5.74) is 2.81. The zero-order valence-electron chi connectivity index (χ0n) is 10.5. The van der Waals surface area contributed by atoms with Crippen molar-refractivity contribution in [1.82, 2.24) is 5.32 Å². The minimum atomic E-state index is 0.473. The molecule has 0 saturated heterocycles. The van der Waals surface area contributed by atoms with E-state index in [1.807, 2.05) is 0 Å². The second-order valence-electron chi connectivity index (χ2n) is 4.87. The molecule has 1 aliphatic heterocycles. The molecule has 3 rings (SSSR count). The van der Waals surface area contributed by atoms with Crippen molar-refractivity contribution in [3.8, 4) is 11.5 Å². The molecular formula is C14H19NO2. The Labute approximate surface area is 102 Å². The standard InChI is InChI=1S/C14H19NO2/c1-3-15-12-6-9(2)10-7-13-14(8-11(10)12)17-5-4-16-13/h7-9,12,15H,3-6H2,1-2H3. The Hall–Kier alpha value is -1.22. The van der Waals surface area contributed by atoms with E-state index in [9.17, 15) is 0 Å². The maximum absolute atomic E-state index is 5.66. The summed E-state index contributed by atoms with van der Waals surface area (Å²) >= 11 is 0. The molecule has 1 aromatic rings. The van der Waals surface area contributed by atoms with Crippen LogP contribution in [0.25, 0.3) is 0 Å². The number of ether oxygens (including phenoxy) is 2. The molecule has 0 bridgehead atoms. The van der Waals surface area contributed by atoms with Gasteiger partial charge in [0.1, 0.15) is 13.2 Å². The number of nitrogens with one attached hydrogen (secondary N) is 1. The first kappa shape index (κ1) is 10.9. The second-order valence-corrected chi connectivity index (χ2v) is 4.87. The Morgan fingerprint density at radius 1 is 1.18 bits per heavy atom. The van der Waals surface area contributed by atoms with E-state index in [0.717, 1.165) is 18.0 Å². The van der Waals surface area contributed by atoms with Gasteiger partial charge in [-0.05, 0) is 42.1 Å². The van der Waals surface area contributed by atoms with Crippen molar-refractivity contribution < 1.29 is 9.47 Å². The maximum atomic E-state index is 5.66. The zero-order chi connectivity index (χ0) is 11.8. The van der Waals surface area contributed by atoms with Crippen molar-refractivity contribution in [2.24, 2.45) is 0 Å². The Morgan fingerprint density at radius 2 is 1.82 bits per heavy atom. The second kappa shape index (κ2) is 4.22. The van der Waals surface area contributed by atoms with Gasteiger partial charge < -0.3 is 14.8 Å². The van der Waals surface area contributed by atoms with E-state index in [4.69, 9.17) is 9.47 Å². The van der Waals surface area contributed by atoms with E-state index >= 15 is 0 Å². The van der Waals surface area contributed by atoms with E-state index < -0.39 is 0 Å². The molecule has 0 radical (unpaired) electrons. The molecule has 2 unspecified atom stereocenters. The van der Waals surface area contributed by atoms with Crippen molar-refractivity contribution in [3.63, 3.8) is 0 Å². The molecule has 0 amide bonds. The molecule has 3 nitrogen and oxygen atoms in total. The van der Waals surface area contributed by atoms with E-state index in [1.165, 1.54) is 17.5 Å². The smallest absolute Gasteiger partial charge is 0.161 e. The lowest BCUT2D eigenvalue weighted by molar-refractivity contribution is 0.171. The molecule has 17 heavy (non-hydrogen) atoms. The average molecular weight is 233 g/mol. The lowest BCUT2D eigenvalue weighted by Gasteiger charge is -2.21. The SMILES string of the molecule is CCNC1CC(C)c2cc3c(cc21)OCCO3. The maximum Gasteiger partial charge on any atom is 0.161 e. The Kier molecular flexibility index (Phi) is 2.71. The molecule has 92 valence electrons. The molecule has 2 aliphatic rings. The van der Waals surface area contributed by atoms with Gasteiger partial charge in [-0.1, -0.05) is 13.8 Å². The fourth-order valence-electron chi connectivity index (χ4n) is 2.90. The summed E-state index contributed by atoms with van der Waals surface area (Å²) in [7, 11) is 0. The first-order valence-corrected chi connectivity index (χ1v) is 6.46. The van der Waals surface area contributed by atoms with Gasteiger partial charge in [-0.25, -0.2) is 0 Å². The molecule has 0 aromatic heterocycles. The molecule has 1 aliphatic carbocycles. The van der Waals surface area contributed by atoms with Gasteiger partial charge >= 0.3 is 0 Å². The summed E-state index contributed by atoms with van der Waals surface area (Å²) in [6.07, 6.45) is 1.17. The molecular weight excluding hydrogens is 214 g/mol. The van der Waals surface area contributed by atoms with Crippen molar-refractivity contribution in [2.45, 2.75) is 32.2 Å². The number of hydrogen-bond donors (Lipinski definition) is 1. The number of benzene rings is 1. The quantitative estimate of drug-likeness (QED) is 0.851. The summed E-state index contributed by atoms with van der Waals surface area (Å²) in [5.74, 6) is 2.43. The topological polar surface area (TPSA) is 30.5 Å². The number of fused-ring (bicyclic) bond motifs is 2. The summed E-state index contributed by atoms with van der Waals surface area (Å²) in [6, 6.07) is 4.81. The van der Waals surface area contributed by atoms with Crippen LogP contribution in [0.4, 0.5) is 0 Å². The lowest BCUT2D eigenvalue weighted by Crippen LogP contribution is -2.19. The third kappa shape index (κ3) is 1.78. The van der Waals surface area contributed by atoms with Gasteiger partial charge in [0.25, 0.3) is 0 Å². The summed E-state index contributed by atoms with van der Waals surface area (Å²) < 4.78 is 11.3. The first-order chi connectivity index (χ1) is 8.29. The van der Waals surface area contributed by atoms with Gasteiger partial charge in [-0.15, -0.1) is 0 Å². The number of rotatable bonds is 2. The highest BCUT2D eigenvalue weighted by atomic mass is 16.6. The van der Waals surface area contributed by atoms with Gasteiger partial charge in [-0.3, -0.25) is 0 Å². The van der Waals surface area contributed by atoms with Crippen LogP contribution >= 0.6 is 0 Å². The average Bonchev–Trinajstić information content (AvgIpc) is 2.64. The summed E-state index contributed by atoms with van der Waals surface area (Å²) in [6.45, 7) is 6.77. The predicted octanol–water partition coefficient (Wildman–Crippen LogP) is 2.62. The van der Waals surface area contributed by atoms with Gasteiger partial charge in [0.15, 0.2) is 11.5 Å². The third-order valence-corrected chi connectivity index (χ3v) is 3.69. The highest BCUT2D eigenvalue weighted by molar-refractivity contribution is 5.52. The monoisotopic (exact) mass is 233 g/mol. The van der Waals surface area contributed by atoms with Crippen molar-refractivity contribution in [3.05, 3.63) is 23.3 Å². The molecule has 1 aromatic carbocycles. The Morgan fingerprint density at radius 3 is 2.47 bits per heavy atom. The molecule has 2 atom stereocenters. The molecule has 0 saturated carbocycles. The fraction of sp³-hybridized carbons (Fsp3) is 0.571. The summed E-state index contributed by atoms with van der Waals surface area (Å²) in [4.78, 5) is 0. The van der Waals surface area contributed by atoms with Crippen LogP contribution in [-0.2, 0) is 0 Å². The van der Waals surface area contributed by atoms with Crippen LogP contribution in [0.1, 0.15) is 43.4 Å². The lowest BCUT2D eigenvalue weighted by atomic mass is 10.0. The molecule has 0 fully saturated rings. The molecule has 1 N–H and O–H groups in total. The van der Waals surface area contributed by atoms with Crippen molar-refractivity contribution in [1.29, 1.82) is 0 Å². The van der Waals surface area contributed by atoms with E-state index in [-0.39, 0.29) is 0 Å². The molecule has 1 heterocycles. The van der Waals surface area contributed by atoms with E-state index in [0.29, 0.717) is 25.2 Å². The Balaban J connectivity index is 2.01. The minimum Gasteiger partial charge on any atom is -0.486 e. The van der Waals surface area contributed by atoms with E-state index in [2.05, 4.69) is 31.3 Å². The molecule has 0 spiro atoms. The van der Waals surface area contributed by atoms with Crippen LogP contribution in [0, 0.1) is 0 Å². The third-order valence-electron chi connectivity index (χ3n) is 3.69. The highest BCUT2D eigenvalue weighted by Crippen LogP contribution is 2.45. The van der Waals surface area contributed by atoms with Crippen LogP contribution in [-0.4, -0.2) is 19.8 Å². The van der Waals surface area contributed by atoms with Crippen LogP contribution < -0.4 is 14.8 Å². The fourth-order valence-corrected chi connectivity index (χ4v) is 2.90. The van der Waals surface area contributed by atoms with Crippen molar-refractivity contribution in [2.75, 3.05) is 19.8 Å². The van der Waals surface area contributed by atoms with Gasteiger partial charge in [0.2, 0.25) is 0 Å².